The highest BCUT2D eigenvalue weighted by Gasteiger charge is 2.06. The Bertz CT molecular complexity index is 322. The van der Waals surface area contributed by atoms with E-state index in [4.69, 9.17) is 0 Å². The largest absolute Gasteiger partial charge is 0.372 e. The van der Waals surface area contributed by atoms with E-state index in [0.29, 0.717) is 6.54 Å². The van der Waals surface area contributed by atoms with Crippen LogP contribution in [0.1, 0.15) is 26.3 Å². The third-order valence-corrected chi connectivity index (χ3v) is 2.72. The predicted octanol–water partition coefficient (Wildman–Crippen LogP) is 2.78. The Morgan fingerprint density at radius 1 is 1.19 bits per heavy atom. The monoisotopic (exact) mass is 224 g/mol. The van der Waals surface area contributed by atoms with Gasteiger partial charge in [0.15, 0.2) is 0 Å². The molecular formula is C13H21FN2. The Morgan fingerprint density at radius 2 is 1.88 bits per heavy atom. The first-order chi connectivity index (χ1) is 7.72. The second-order valence-electron chi connectivity index (χ2n) is 3.73. The zero-order valence-electron chi connectivity index (χ0n) is 10.4. The van der Waals surface area contributed by atoms with Crippen LogP contribution in [-0.4, -0.2) is 19.6 Å². The molecule has 1 aromatic rings. The van der Waals surface area contributed by atoms with Crippen LogP contribution in [0.15, 0.2) is 18.2 Å². The molecule has 1 rings (SSSR count). The molecule has 0 aliphatic rings. The fourth-order valence-corrected chi connectivity index (χ4v) is 1.74. The Balaban J connectivity index is 2.87. The number of hydrogen-bond donors (Lipinski definition) is 1. The molecule has 3 heteroatoms. The molecule has 0 saturated carbocycles. The van der Waals surface area contributed by atoms with Crippen molar-refractivity contribution < 1.29 is 4.39 Å². The lowest BCUT2D eigenvalue weighted by molar-refractivity contribution is 0.593. The van der Waals surface area contributed by atoms with E-state index in [1.807, 2.05) is 19.1 Å². The highest BCUT2D eigenvalue weighted by molar-refractivity contribution is 5.48. The Labute approximate surface area is 97.5 Å². The standard InChI is InChI=1S/C13H21FN2/c1-4-15-10-11-9-12(7-8-13(11)14)16(5-2)6-3/h7-9,15H,4-6,10H2,1-3H3. The minimum atomic E-state index is -0.128. The average Bonchev–Trinajstić information content (AvgIpc) is 2.31. The smallest absolute Gasteiger partial charge is 0.127 e. The summed E-state index contributed by atoms with van der Waals surface area (Å²) in [7, 11) is 0. The van der Waals surface area contributed by atoms with Gasteiger partial charge in [-0.1, -0.05) is 6.92 Å². The molecule has 0 bridgehead atoms. The first kappa shape index (κ1) is 13.0. The molecule has 0 unspecified atom stereocenters. The molecule has 0 radical (unpaired) electrons. The zero-order valence-corrected chi connectivity index (χ0v) is 10.4. The highest BCUT2D eigenvalue weighted by atomic mass is 19.1. The van der Waals surface area contributed by atoms with Crippen molar-refractivity contribution in [2.75, 3.05) is 24.5 Å². The Kier molecular flexibility index (Phi) is 5.26. The molecule has 1 aromatic carbocycles. The van der Waals surface area contributed by atoms with Gasteiger partial charge in [-0.05, 0) is 38.6 Å². The summed E-state index contributed by atoms with van der Waals surface area (Å²) in [6.07, 6.45) is 0. The molecule has 0 saturated heterocycles. The van der Waals surface area contributed by atoms with Crippen molar-refractivity contribution in [1.29, 1.82) is 0 Å². The molecule has 0 amide bonds. The van der Waals surface area contributed by atoms with Crippen molar-refractivity contribution in [3.63, 3.8) is 0 Å². The molecule has 0 heterocycles. The van der Waals surface area contributed by atoms with E-state index < -0.39 is 0 Å². The molecule has 0 aliphatic carbocycles. The van der Waals surface area contributed by atoms with Crippen LogP contribution in [0, 0.1) is 5.82 Å². The first-order valence-electron chi connectivity index (χ1n) is 5.97. The van der Waals surface area contributed by atoms with Crippen molar-refractivity contribution in [3.8, 4) is 0 Å². The molecule has 0 fully saturated rings. The van der Waals surface area contributed by atoms with Crippen molar-refractivity contribution in [2.24, 2.45) is 0 Å². The summed E-state index contributed by atoms with van der Waals surface area (Å²) >= 11 is 0. The summed E-state index contributed by atoms with van der Waals surface area (Å²) in [6, 6.07) is 5.34. The number of rotatable bonds is 6. The van der Waals surface area contributed by atoms with E-state index in [1.54, 1.807) is 6.07 Å². The van der Waals surface area contributed by atoms with Crippen molar-refractivity contribution in [2.45, 2.75) is 27.3 Å². The van der Waals surface area contributed by atoms with E-state index in [1.165, 1.54) is 0 Å². The van der Waals surface area contributed by atoms with Gasteiger partial charge in [0.25, 0.3) is 0 Å². The lowest BCUT2D eigenvalue weighted by Gasteiger charge is -2.21. The summed E-state index contributed by atoms with van der Waals surface area (Å²) in [5, 5.41) is 3.15. The number of halogens is 1. The lowest BCUT2D eigenvalue weighted by Crippen LogP contribution is -2.22. The van der Waals surface area contributed by atoms with Crippen LogP contribution < -0.4 is 10.2 Å². The van der Waals surface area contributed by atoms with Gasteiger partial charge in [-0.2, -0.15) is 0 Å². The van der Waals surface area contributed by atoms with Gasteiger partial charge in [-0.15, -0.1) is 0 Å². The minimum Gasteiger partial charge on any atom is -0.372 e. The van der Waals surface area contributed by atoms with E-state index >= 15 is 0 Å². The number of benzene rings is 1. The topological polar surface area (TPSA) is 15.3 Å². The van der Waals surface area contributed by atoms with Crippen LogP contribution in [0.3, 0.4) is 0 Å². The summed E-state index contributed by atoms with van der Waals surface area (Å²) < 4.78 is 13.5. The highest BCUT2D eigenvalue weighted by Crippen LogP contribution is 2.18. The SMILES string of the molecule is CCNCc1cc(N(CC)CC)ccc1F. The third kappa shape index (κ3) is 3.20. The zero-order chi connectivity index (χ0) is 12.0. The average molecular weight is 224 g/mol. The molecule has 0 spiro atoms. The second kappa shape index (κ2) is 6.48. The maximum atomic E-state index is 13.5. The van der Waals surface area contributed by atoms with Crippen molar-refractivity contribution >= 4 is 5.69 Å². The van der Waals surface area contributed by atoms with E-state index in [2.05, 4.69) is 24.1 Å². The van der Waals surface area contributed by atoms with Crippen LogP contribution in [0.4, 0.5) is 10.1 Å². The Hall–Kier alpha value is -1.09. The van der Waals surface area contributed by atoms with Crippen LogP contribution in [0.2, 0.25) is 0 Å². The van der Waals surface area contributed by atoms with E-state index in [0.717, 1.165) is 30.9 Å². The Morgan fingerprint density at radius 3 is 2.44 bits per heavy atom. The van der Waals surface area contributed by atoms with E-state index in [-0.39, 0.29) is 5.82 Å². The summed E-state index contributed by atoms with van der Waals surface area (Å²) in [5.41, 5.74) is 1.84. The first-order valence-corrected chi connectivity index (χ1v) is 5.97. The fraction of sp³-hybridized carbons (Fsp3) is 0.538. The van der Waals surface area contributed by atoms with Crippen molar-refractivity contribution in [3.05, 3.63) is 29.6 Å². The molecule has 1 N–H and O–H groups in total. The molecular weight excluding hydrogens is 203 g/mol. The summed E-state index contributed by atoms with van der Waals surface area (Å²) in [6.45, 7) is 9.58. The number of hydrogen-bond acceptors (Lipinski definition) is 2. The van der Waals surface area contributed by atoms with Crippen LogP contribution >= 0.6 is 0 Å². The van der Waals surface area contributed by atoms with Gasteiger partial charge in [-0.3, -0.25) is 0 Å². The van der Waals surface area contributed by atoms with Crippen molar-refractivity contribution in [1.82, 2.24) is 5.32 Å². The molecule has 16 heavy (non-hydrogen) atoms. The predicted molar refractivity (Wildman–Crippen MR) is 67.3 cm³/mol. The van der Waals surface area contributed by atoms with Gasteiger partial charge < -0.3 is 10.2 Å². The third-order valence-electron chi connectivity index (χ3n) is 2.72. The van der Waals surface area contributed by atoms with Gasteiger partial charge in [0.2, 0.25) is 0 Å². The second-order valence-corrected chi connectivity index (χ2v) is 3.73. The molecule has 90 valence electrons. The number of anilines is 1. The molecule has 0 aromatic heterocycles. The number of nitrogens with zero attached hydrogens (tertiary/aromatic N) is 1. The van der Waals surface area contributed by atoms with E-state index in [9.17, 15) is 4.39 Å². The molecule has 2 nitrogen and oxygen atoms in total. The fourth-order valence-electron chi connectivity index (χ4n) is 1.74. The van der Waals surface area contributed by atoms with Gasteiger partial charge in [0, 0.05) is 30.9 Å². The summed E-state index contributed by atoms with van der Waals surface area (Å²) in [4.78, 5) is 2.22. The molecule has 0 aliphatic heterocycles. The van der Waals surface area contributed by atoms with Gasteiger partial charge in [-0.25, -0.2) is 4.39 Å². The minimum absolute atomic E-state index is 0.128. The maximum Gasteiger partial charge on any atom is 0.127 e. The van der Waals surface area contributed by atoms with Crippen LogP contribution in [0.25, 0.3) is 0 Å². The maximum absolute atomic E-state index is 13.5. The van der Waals surface area contributed by atoms with Crippen LogP contribution in [-0.2, 0) is 6.54 Å². The quantitative estimate of drug-likeness (QED) is 0.799. The van der Waals surface area contributed by atoms with Gasteiger partial charge >= 0.3 is 0 Å². The van der Waals surface area contributed by atoms with Crippen LogP contribution in [0.5, 0.6) is 0 Å². The summed E-state index contributed by atoms with van der Waals surface area (Å²) in [5.74, 6) is -0.128. The molecule has 0 atom stereocenters. The lowest BCUT2D eigenvalue weighted by atomic mass is 10.1. The van der Waals surface area contributed by atoms with Gasteiger partial charge in [0.05, 0.1) is 0 Å². The normalized spacial score (nSPS) is 10.5. The number of nitrogens with one attached hydrogen (secondary N) is 1. The van der Waals surface area contributed by atoms with Gasteiger partial charge in [0.1, 0.15) is 5.82 Å².